The smallest absolute Gasteiger partial charge is 0.404 e. The van der Waals surface area contributed by atoms with Gasteiger partial charge in [-0.2, -0.15) is 0 Å². The number of amides is 2. The minimum absolute atomic E-state index is 0.00164. The first-order valence-electron chi connectivity index (χ1n) is 10.8. The molecule has 160 valence electrons. The molecule has 2 aliphatic rings. The zero-order valence-electron chi connectivity index (χ0n) is 17.2. The molecule has 2 fully saturated rings. The van der Waals surface area contributed by atoms with Crippen molar-refractivity contribution in [3.63, 3.8) is 0 Å². The third-order valence-corrected chi connectivity index (χ3v) is 6.82. The van der Waals surface area contributed by atoms with Gasteiger partial charge in [-0.1, -0.05) is 26.2 Å². The maximum Gasteiger partial charge on any atom is 0.404 e. The largest absolute Gasteiger partial charge is 0.465 e. The summed E-state index contributed by atoms with van der Waals surface area (Å²) in [4.78, 5) is 30.7. The zero-order valence-corrected chi connectivity index (χ0v) is 18.0. The Balaban J connectivity index is 1.68. The lowest BCUT2D eigenvalue weighted by Crippen LogP contribution is -2.44. The molecule has 0 spiro atoms. The van der Waals surface area contributed by atoms with Crippen LogP contribution in [-0.4, -0.2) is 53.0 Å². The van der Waals surface area contributed by atoms with E-state index < -0.39 is 6.09 Å². The number of carboxylic acid groups (broad SMARTS) is 1. The van der Waals surface area contributed by atoms with E-state index in [1.807, 2.05) is 12.1 Å². The van der Waals surface area contributed by atoms with Gasteiger partial charge in [0.1, 0.15) is 10.8 Å². The van der Waals surface area contributed by atoms with E-state index in [9.17, 15) is 9.59 Å². The molecule has 1 aliphatic carbocycles. The first-order valence-corrected chi connectivity index (χ1v) is 11.7. The van der Waals surface area contributed by atoms with Crippen molar-refractivity contribution < 1.29 is 14.7 Å². The second-order valence-electron chi connectivity index (χ2n) is 7.89. The van der Waals surface area contributed by atoms with Crippen LogP contribution in [-0.2, 0) is 0 Å². The number of hydrogen-bond donors (Lipinski definition) is 3. The monoisotopic (exact) mass is 420 g/mol. The average Bonchev–Trinajstić information content (AvgIpc) is 2.73. The van der Waals surface area contributed by atoms with E-state index in [1.165, 1.54) is 19.3 Å². The Morgan fingerprint density at radius 2 is 1.79 bits per heavy atom. The van der Waals surface area contributed by atoms with Crippen LogP contribution < -0.4 is 15.5 Å². The molecule has 8 heteroatoms. The van der Waals surface area contributed by atoms with Gasteiger partial charge in [0, 0.05) is 25.2 Å². The number of carbonyl (C=O) groups excluding carboxylic acids is 1. The highest BCUT2D eigenvalue weighted by atomic mass is 32.2. The zero-order chi connectivity index (χ0) is 20.6. The molecule has 2 amide bonds. The maximum absolute atomic E-state index is 12.9. The van der Waals surface area contributed by atoms with Crippen LogP contribution in [0.4, 0.5) is 10.6 Å². The van der Waals surface area contributed by atoms with Gasteiger partial charge in [0.2, 0.25) is 0 Å². The summed E-state index contributed by atoms with van der Waals surface area (Å²) in [6, 6.07) is 4.11. The minimum atomic E-state index is -0.965. The molecule has 1 aromatic rings. The van der Waals surface area contributed by atoms with E-state index >= 15 is 0 Å². The van der Waals surface area contributed by atoms with Crippen molar-refractivity contribution in [2.45, 2.75) is 75.4 Å². The molecular weight excluding hydrogens is 388 g/mol. The van der Waals surface area contributed by atoms with E-state index in [1.54, 1.807) is 11.8 Å². The third kappa shape index (κ3) is 6.26. The van der Waals surface area contributed by atoms with E-state index in [0.717, 1.165) is 61.8 Å². The molecule has 1 saturated heterocycles. The Kier molecular flexibility index (Phi) is 8.03. The Morgan fingerprint density at radius 1 is 1.10 bits per heavy atom. The second kappa shape index (κ2) is 10.7. The molecule has 1 saturated carbocycles. The van der Waals surface area contributed by atoms with Gasteiger partial charge < -0.3 is 20.6 Å². The SMILES string of the molecule is CCCSc1nc(N2CCC(NC(=O)O)CC2)ccc1C(=O)NC1CCCCC1. The number of nitrogens with one attached hydrogen (secondary N) is 2. The maximum atomic E-state index is 12.9. The lowest BCUT2D eigenvalue weighted by Gasteiger charge is -2.33. The van der Waals surface area contributed by atoms with Gasteiger partial charge in [-0.25, -0.2) is 9.78 Å². The second-order valence-corrected chi connectivity index (χ2v) is 8.97. The number of nitrogens with zero attached hydrogens (tertiary/aromatic N) is 2. The molecule has 3 N–H and O–H groups in total. The van der Waals surface area contributed by atoms with Crippen LogP contribution in [0.2, 0.25) is 0 Å². The Morgan fingerprint density at radius 3 is 2.45 bits per heavy atom. The summed E-state index contributed by atoms with van der Waals surface area (Å²) in [7, 11) is 0. The van der Waals surface area contributed by atoms with Crippen LogP contribution in [0.1, 0.15) is 68.6 Å². The summed E-state index contributed by atoms with van der Waals surface area (Å²) < 4.78 is 0. The van der Waals surface area contributed by atoms with Crippen molar-refractivity contribution >= 4 is 29.6 Å². The highest BCUT2D eigenvalue weighted by Gasteiger charge is 2.24. The summed E-state index contributed by atoms with van der Waals surface area (Å²) in [6.45, 7) is 3.63. The van der Waals surface area contributed by atoms with Crippen molar-refractivity contribution in [3.8, 4) is 0 Å². The molecule has 0 radical (unpaired) electrons. The normalized spacial score (nSPS) is 18.4. The quantitative estimate of drug-likeness (QED) is 0.580. The van der Waals surface area contributed by atoms with Crippen LogP contribution in [0.25, 0.3) is 0 Å². The molecule has 0 atom stereocenters. The fraction of sp³-hybridized carbons (Fsp3) is 0.667. The van der Waals surface area contributed by atoms with Crippen LogP contribution >= 0.6 is 11.8 Å². The summed E-state index contributed by atoms with van der Waals surface area (Å²) in [6.07, 6.45) is 7.34. The van der Waals surface area contributed by atoms with Gasteiger partial charge in [-0.3, -0.25) is 4.79 Å². The first-order chi connectivity index (χ1) is 14.1. The summed E-state index contributed by atoms with van der Waals surface area (Å²) in [5.41, 5.74) is 0.667. The lowest BCUT2D eigenvalue weighted by molar-refractivity contribution is 0.0924. The third-order valence-electron chi connectivity index (χ3n) is 5.62. The lowest BCUT2D eigenvalue weighted by atomic mass is 9.95. The van der Waals surface area contributed by atoms with E-state index in [2.05, 4.69) is 22.5 Å². The number of aromatic nitrogens is 1. The standard InChI is InChI=1S/C21H32N4O3S/c1-2-14-29-20-17(19(26)22-15-6-4-3-5-7-15)8-9-18(24-20)25-12-10-16(11-13-25)23-21(27)28/h8-9,15-16,23H,2-7,10-14H2,1H3,(H,22,26)(H,27,28). The van der Waals surface area contributed by atoms with Gasteiger partial charge in [0.15, 0.2) is 0 Å². The molecule has 0 aromatic carbocycles. The van der Waals surface area contributed by atoms with Gasteiger partial charge in [0.25, 0.3) is 5.91 Å². The molecule has 2 heterocycles. The number of piperidine rings is 1. The van der Waals surface area contributed by atoms with Crippen molar-refractivity contribution in [1.82, 2.24) is 15.6 Å². The number of rotatable bonds is 7. The highest BCUT2D eigenvalue weighted by molar-refractivity contribution is 7.99. The minimum Gasteiger partial charge on any atom is -0.465 e. The summed E-state index contributed by atoms with van der Waals surface area (Å²) >= 11 is 1.64. The van der Waals surface area contributed by atoms with Crippen LogP contribution in [0.5, 0.6) is 0 Å². The molecule has 7 nitrogen and oxygen atoms in total. The number of thioether (sulfide) groups is 1. The fourth-order valence-corrected chi connectivity index (χ4v) is 4.90. The molecule has 1 aliphatic heterocycles. The molecule has 1 aromatic heterocycles. The summed E-state index contributed by atoms with van der Waals surface area (Å²) in [5, 5.41) is 15.5. The molecular formula is C21H32N4O3S. The van der Waals surface area contributed by atoms with E-state index in [0.29, 0.717) is 5.56 Å². The number of carbonyl (C=O) groups is 2. The first kappa shape index (κ1) is 21.7. The fourth-order valence-electron chi connectivity index (χ4n) is 4.03. The number of anilines is 1. The Hall–Kier alpha value is -1.96. The van der Waals surface area contributed by atoms with Crippen molar-refractivity contribution in [1.29, 1.82) is 0 Å². The van der Waals surface area contributed by atoms with Crippen molar-refractivity contribution in [2.24, 2.45) is 0 Å². The van der Waals surface area contributed by atoms with Crippen molar-refractivity contribution in [2.75, 3.05) is 23.7 Å². The Labute approximate surface area is 177 Å². The van der Waals surface area contributed by atoms with Gasteiger partial charge >= 0.3 is 6.09 Å². The van der Waals surface area contributed by atoms with Crippen LogP contribution in [0.3, 0.4) is 0 Å². The van der Waals surface area contributed by atoms with Gasteiger partial charge in [0.05, 0.1) is 5.56 Å². The molecule has 29 heavy (non-hydrogen) atoms. The summed E-state index contributed by atoms with van der Waals surface area (Å²) in [5.74, 6) is 1.77. The molecule has 0 bridgehead atoms. The number of hydrogen-bond acceptors (Lipinski definition) is 5. The highest BCUT2D eigenvalue weighted by Crippen LogP contribution is 2.27. The van der Waals surface area contributed by atoms with E-state index in [4.69, 9.17) is 10.1 Å². The van der Waals surface area contributed by atoms with Crippen LogP contribution in [0, 0.1) is 0 Å². The predicted octanol–water partition coefficient (Wildman–Crippen LogP) is 3.88. The number of pyridine rings is 1. The molecule has 0 unspecified atom stereocenters. The van der Waals surface area contributed by atoms with E-state index in [-0.39, 0.29) is 18.0 Å². The van der Waals surface area contributed by atoms with Crippen molar-refractivity contribution in [3.05, 3.63) is 17.7 Å². The van der Waals surface area contributed by atoms with Gasteiger partial charge in [-0.05, 0) is 50.0 Å². The average molecular weight is 421 g/mol. The Bertz CT molecular complexity index is 701. The molecule has 3 rings (SSSR count). The predicted molar refractivity (Wildman–Crippen MR) is 116 cm³/mol. The van der Waals surface area contributed by atoms with Crippen LogP contribution in [0.15, 0.2) is 17.2 Å². The van der Waals surface area contributed by atoms with Gasteiger partial charge in [-0.15, -0.1) is 11.8 Å². The topological polar surface area (TPSA) is 94.6 Å².